The molecule has 1 atom stereocenters. The van der Waals surface area contributed by atoms with Crippen LogP contribution in [0.25, 0.3) is 0 Å². The lowest BCUT2D eigenvalue weighted by molar-refractivity contribution is -0.142. The van der Waals surface area contributed by atoms with Crippen LogP contribution in [-0.4, -0.2) is 40.8 Å². The minimum Gasteiger partial charge on any atom is -0.352 e. The average molecular weight is 317 g/mol. The Morgan fingerprint density at radius 3 is 2.82 bits per heavy atom. The number of hydrogen-bond acceptors (Lipinski definition) is 2. The lowest BCUT2D eigenvalue weighted by Crippen LogP contribution is -2.46. The van der Waals surface area contributed by atoms with E-state index in [9.17, 15) is 13.2 Å². The maximum Gasteiger partial charge on any atom is 0.435 e. The van der Waals surface area contributed by atoms with E-state index in [-0.39, 0.29) is 12.1 Å². The normalized spacial score (nSPS) is 20.4. The summed E-state index contributed by atoms with van der Waals surface area (Å²) in [6, 6.07) is 0. The Kier molecular flexibility index (Phi) is 4.97. The third-order valence-corrected chi connectivity index (χ3v) is 3.78. The van der Waals surface area contributed by atoms with Crippen molar-refractivity contribution in [2.24, 2.45) is 18.0 Å². The van der Waals surface area contributed by atoms with Crippen LogP contribution in [0.2, 0.25) is 0 Å². The molecule has 1 N–H and O–H groups in total. The van der Waals surface area contributed by atoms with Crippen molar-refractivity contribution in [2.45, 2.75) is 32.5 Å². The van der Waals surface area contributed by atoms with Crippen molar-refractivity contribution in [3.63, 3.8) is 0 Å². The summed E-state index contributed by atoms with van der Waals surface area (Å²) in [5, 5.41) is 6.53. The van der Waals surface area contributed by atoms with Crippen molar-refractivity contribution >= 4 is 5.96 Å². The molecule has 22 heavy (non-hydrogen) atoms. The van der Waals surface area contributed by atoms with Crippen LogP contribution in [0, 0.1) is 5.92 Å². The van der Waals surface area contributed by atoms with Crippen molar-refractivity contribution in [1.82, 2.24) is 20.0 Å². The van der Waals surface area contributed by atoms with Crippen LogP contribution in [0.5, 0.6) is 0 Å². The first-order valence-electron chi connectivity index (χ1n) is 7.36. The highest BCUT2D eigenvalue weighted by molar-refractivity contribution is 5.80. The fourth-order valence-electron chi connectivity index (χ4n) is 2.79. The molecule has 1 unspecified atom stereocenters. The van der Waals surface area contributed by atoms with Crippen LogP contribution in [0.15, 0.2) is 11.2 Å². The number of guanidine groups is 1. The first-order chi connectivity index (χ1) is 10.3. The smallest absolute Gasteiger partial charge is 0.352 e. The molecule has 1 fully saturated rings. The number of hydrogen-bond donors (Lipinski definition) is 1. The molecule has 5 nitrogen and oxygen atoms in total. The molecular formula is C14H22F3N5. The molecule has 2 rings (SSSR count). The van der Waals surface area contributed by atoms with Gasteiger partial charge in [-0.05, 0) is 18.8 Å². The van der Waals surface area contributed by atoms with Gasteiger partial charge in [0.15, 0.2) is 11.7 Å². The van der Waals surface area contributed by atoms with Gasteiger partial charge in [-0.15, -0.1) is 0 Å². The minimum absolute atomic E-state index is 0.0558. The first kappa shape index (κ1) is 16.6. The first-order valence-corrected chi connectivity index (χ1v) is 7.36. The summed E-state index contributed by atoms with van der Waals surface area (Å²) in [5.41, 5.74) is -0.717. The number of nitrogens with zero attached hydrogens (tertiary/aromatic N) is 4. The van der Waals surface area contributed by atoms with E-state index in [1.807, 2.05) is 0 Å². The van der Waals surface area contributed by atoms with Crippen LogP contribution < -0.4 is 5.32 Å². The van der Waals surface area contributed by atoms with Crippen LogP contribution in [0.4, 0.5) is 13.2 Å². The average Bonchev–Trinajstić information content (AvgIpc) is 2.81. The number of nitrogens with one attached hydrogen (secondary N) is 1. The number of aromatic nitrogens is 2. The molecule has 1 aromatic rings. The Morgan fingerprint density at radius 2 is 2.23 bits per heavy atom. The number of rotatable bonds is 2. The second kappa shape index (κ2) is 6.58. The Morgan fingerprint density at radius 1 is 1.50 bits per heavy atom. The van der Waals surface area contributed by atoms with Gasteiger partial charge in [0.05, 0.1) is 0 Å². The summed E-state index contributed by atoms with van der Waals surface area (Å²) < 4.78 is 40.0. The van der Waals surface area contributed by atoms with Gasteiger partial charge >= 0.3 is 6.18 Å². The summed E-state index contributed by atoms with van der Waals surface area (Å²) in [7, 11) is 3.13. The molecule has 0 aliphatic carbocycles. The standard InChI is InChI=1S/C14H22F3N5/c1-10-5-4-6-22(8-10)13(18-2)19-7-11-9-21(3)20-12(11)14(15,16)17/h9-10H,4-8H2,1-3H3,(H,18,19). The van der Waals surface area contributed by atoms with Gasteiger partial charge in [-0.1, -0.05) is 6.92 Å². The molecule has 0 amide bonds. The van der Waals surface area contributed by atoms with E-state index in [1.54, 1.807) is 7.05 Å². The SMILES string of the molecule is CN=C(NCc1cn(C)nc1C(F)(F)F)N1CCCC(C)C1. The lowest BCUT2D eigenvalue weighted by Gasteiger charge is -2.33. The van der Waals surface area contributed by atoms with Crippen LogP contribution in [-0.2, 0) is 19.8 Å². The quantitative estimate of drug-likeness (QED) is 0.672. The lowest BCUT2D eigenvalue weighted by atomic mass is 10.0. The zero-order valence-electron chi connectivity index (χ0n) is 13.1. The maximum atomic E-state index is 12.9. The number of likely N-dealkylation sites (tertiary alicyclic amines) is 1. The third-order valence-electron chi connectivity index (χ3n) is 3.78. The van der Waals surface area contributed by atoms with Gasteiger partial charge in [0.2, 0.25) is 0 Å². The Labute approximate surface area is 128 Å². The van der Waals surface area contributed by atoms with Gasteiger partial charge < -0.3 is 10.2 Å². The Bertz CT molecular complexity index is 535. The van der Waals surface area contributed by atoms with Gasteiger partial charge in [-0.2, -0.15) is 18.3 Å². The Hall–Kier alpha value is -1.73. The number of aryl methyl sites for hydroxylation is 1. The summed E-state index contributed by atoms with van der Waals surface area (Å²) in [6.45, 7) is 3.98. The van der Waals surface area contributed by atoms with Gasteiger partial charge in [-0.3, -0.25) is 9.67 Å². The van der Waals surface area contributed by atoms with E-state index in [0.29, 0.717) is 11.9 Å². The van der Waals surface area contributed by atoms with Crippen molar-refractivity contribution in [3.8, 4) is 0 Å². The van der Waals surface area contributed by atoms with Crippen molar-refractivity contribution in [1.29, 1.82) is 0 Å². The van der Waals surface area contributed by atoms with Crippen LogP contribution >= 0.6 is 0 Å². The number of halogens is 3. The molecule has 1 saturated heterocycles. The highest BCUT2D eigenvalue weighted by Gasteiger charge is 2.36. The summed E-state index contributed by atoms with van der Waals surface area (Å²) in [6.07, 6.45) is -0.805. The summed E-state index contributed by atoms with van der Waals surface area (Å²) >= 11 is 0. The highest BCUT2D eigenvalue weighted by atomic mass is 19.4. The van der Waals surface area contributed by atoms with Gasteiger partial charge in [0.25, 0.3) is 0 Å². The largest absolute Gasteiger partial charge is 0.435 e. The monoisotopic (exact) mass is 317 g/mol. The molecule has 1 aromatic heterocycles. The van der Waals surface area contributed by atoms with E-state index in [4.69, 9.17) is 0 Å². The summed E-state index contributed by atoms with van der Waals surface area (Å²) in [4.78, 5) is 6.28. The van der Waals surface area contributed by atoms with E-state index in [1.165, 1.54) is 24.3 Å². The van der Waals surface area contributed by atoms with Crippen molar-refractivity contribution < 1.29 is 13.2 Å². The molecule has 0 bridgehead atoms. The van der Waals surface area contributed by atoms with E-state index in [0.717, 1.165) is 19.5 Å². The highest BCUT2D eigenvalue weighted by Crippen LogP contribution is 2.30. The molecule has 8 heteroatoms. The van der Waals surface area contributed by atoms with Crippen molar-refractivity contribution in [3.05, 3.63) is 17.5 Å². The molecule has 0 radical (unpaired) electrons. The molecular weight excluding hydrogens is 295 g/mol. The van der Waals surface area contributed by atoms with Crippen molar-refractivity contribution in [2.75, 3.05) is 20.1 Å². The zero-order chi connectivity index (χ0) is 16.3. The molecule has 0 spiro atoms. The second-order valence-electron chi connectivity index (χ2n) is 5.77. The van der Waals surface area contributed by atoms with Crippen LogP contribution in [0.3, 0.4) is 0 Å². The minimum atomic E-state index is -4.44. The van der Waals surface area contributed by atoms with Crippen LogP contribution in [0.1, 0.15) is 31.0 Å². The molecule has 1 aliphatic heterocycles. The second-order valence-corrected chi connectivity index (χ2v) is 5.77. The number of piperidine rings is 1. The Balaban J connectivity index is 2.05. The summed E-state index contributed by atoms with van der Waals surface area (Å²) in [5.74, 6) is 1.21. The molecule has 124 valence electrons. The van der Waals surface area contributed by atoms with Gasteiger partial charge in [0, 0.05) is 45.5 Å². The number of alkyl halides is 3. The topological polar surface area (TPSA) is 45.5 Å². The molecule has 2 heterocycles. The van der Waals surface area contributed by atoms with E-state index >= 15 is 0 Å². The third kappa shape index (κ3) is 3.92. The van der Waals surface area contributed by atoms with E-state index < -0.39 is 11.9 Å². The fourth-order valence-corrected chi connectivity index (χ4v) is 2.79. The molecule has 0 aromatic carbocycles. The fraction of sp³-hybridized carbons (Fsp3) is 0.714. The van der Waals surface area contributed by atoms with Gasteiger partial charge in [0.1, 0.15) is 0 Å². The van der Waals surface area contributed by atoms with Gasteiger partial charge in [-0.25, -0.2) is 0 Å². The predicted octanol–water partition coefficient (Wildman–Crippen LogP) is 2.25. The maximum absolute atomic E-state index is 12.9. The molecule has 1 aliphatic rings. The predicted molar refractivity (Wildman–Crippen MR) is 78.4 cm³/mol. The zero-order valence-corrected chi connectivity index (χ0v) is 13.1. The number of aliphatic imine (C=N–C) groups is 1. The molecule has 0 saturated carbocycles. The van der Waals surface area contributed by atoms with E-state index in [2.05, 4.69) is 27.2 Å².